The molecule has 25 heavy (non-hydrogen) atoms. The molecule has 140 valence electrons. The number of rotatable bonds is 6. The van der Waals surface area contributed by atoms with Gasteiger partial charge in [0.2, 0.25) is 0 Å². The van der Waals surface area contributed by atoms with Gasteiger partial charge >= 0.3 is 0 Å². The van der Waals surface area contributed by atoms with E-state index in [9.17, 15) is 9.90 Å². The Hall–Kier alpha value is -1.75. The molecular formula is C20H32N2O3. The molecule has 0 unspecified atom stereocenters. The van der Waals surface area contributed by atoms with Gasteiger partial charge < -0.3 is 20.1 Å². The minimum atomic E-state index is -0.252. The molecule has 5 nitrogen and oxygen atoms in total. The molecular weight excluding hydrogens is 316 g/mol. The van der Waals surface area contributed by atoms with Crippen molar-refractivity contribution in [3.63, 3.8) is 0 Å². The Morgan fingerprint density at radius 1 is 1.24 bits per heavy atom. The van der Waals surface area contributed by atoms with Crippen LogP contribution in [0.2, 0.25) is 0 Å². The number of nitrogens with one attached hydrogen (secondary N) is 1. The van der Waals surface area contributed by atoms with Gasteiger partial charge in [0.15, 0.2) is 0 Å². The lowest BCUT2D eigenvalue weighted by atomic mass is 9.87. The lowest BCUT2D eigenvalue weighted by molar-refractivity contribution is 0.0810. The van der Waals surface area contributed by atoms with E-state index in [0.29, 0.717) is 17.7 Å². The Morgan fingerprint density at radius 3 is 2.48 bits per heavy atom. The van der Waals surface area contributed by atoms with Crippen molar-refractivity contribution in [2.45, 2.75) is 60.0 Å². The number of likely N-dealkylation sites (N-methyl/N-ethyl adjacent to an activating group) is 1. The number of fused-ring (bicyclic) bond motifs is 1. The van der Waals surface area contributed by atoms with Gasteiger partial charge in [0, 0.05) is 18.7 Å². The van der Waals surface area contributed by atoms with Crippen molar-refractivity contribution in [3.05, 3.63) is 22.3 Å². The van der Waals surface area contributed by atoms with Crippen LogP contribution in [0.5, 0.6) is 11.5 Å². The number of nitrogens with zero attached hydrogens (tertiary/aromatic N) is 1. The largest absolute Gasteiger partial charge is 0.507 e. The topological polar surface area (TPSA) is 61.8 Å². The van der Waals surface area contributed by atoms with Crippen molar-refractivity contribution >= 4 is 5.91 Å². The first-order valence-electron chi connectivity index (χ1n) is 9.26. The highest BCUT2D eigenvalue weighted by Gasteiger charge is 2.33. The Morgan fingerprint density at radius 2 is 1.88 bits per heavy atom. The van der Waals surface area contributed by atoms with Crippen molar-refractivity contribution in [2.75, 3.05) is 26.2 Å². The number of phenolic OH excluding ortho intramolecular Hbond substituents is 1. The maximum atomic E-state index is 12.8. The van der Waals surface area contributed by atoms with Crippen molar-refractivity contribution in [1.82, 2.24) is 10.2 Å². The van der Waals surface area contributed by atoms with Crippen LogP contribution in [0.15, 0.2) is 0 Å². The van der Waals surface area contributed by atoms with Gasteiger partial charge in [-0.2, -0.15) is 0 Å². The zero-order valence-electron chi connectivity index (χ0n) is 16.5. The molecule has 0 fully saturated rings. The number of carbonyl (C=O) groups is 1. The number of carbonyl (C=O) groups excluding carboxylic acids is 1. The first-order valence-corrected chi connectivity index (χ1v) is 9.26. The number of phenols is 1. The van der Waals surface area contributed by atoms with E-state index in [1.807, 2.05) is 13.8 Å². The number of benzene rings is 1. The Kier molecular flexibility index (Phi) is 5.99. The Balaban J connectivity index is 2.29. The predicted octanol–water partition coefficient (Wildman–Crippen LogP) is 3.18. The van der Waals surface area contributed by atoms with Crippen LogP contribution in [0.3, 0.4) is 0 Å². The molecule has 0 aliphatic carbocycles. The summed E-state index contributed by atoms with van der Waals surface area (Å²) in [4.78, 5) is 15.0. The van der Waals surface area contributed by atoms with Gasteiger partial charge in [-0.1, -0.05) is 13.8 Å². The molecule has 0 saturated heterocycles. The van der Waals surface area contributed by atoms with Gasteiger partial charge in [-0.25, -0.2) is 0 Å². The first-order chi connectivity index (χ1) is 11.7. The van der Waals surface area contributed by atoms with Gasteiger partial charge in [-0.15, -0.1) is 0 Å². The van der Waals surface area contributed by atoms with Crippen LogP contribution in [-0.2, 0) is 6.42 Å². The van der Waals surface area contributed by atoms with E-state index >= 15 is 0 Å². The summed E-state index contributed by atoms with van der Waals surface area (Å²) in [7, 11) is 0. The highest BCUT2D eigenvalue weighted by Crippen LogP contribution is 2.43. The van der Waals surface area contributed by atoms with Crippen molar-refractivity contribution in [1.29, 1.82) is 0 Å². The fourth-order valence-electron chi connectivity index (χ4n) is 3.35. The molecule has 0 aromatic heterocycles. The summed E-state index contributed by atoms with van der Waals surface area (Å²) < 4.78 is 6.15. The van der Waals surface area contributed by atoms with Crippen molar-refractivity contribution < 1.29 is 14.6 Å². The van der Waals surface area contributed by atoms with Gasteiger partial charge in [0.1, 0.15) is 17.1 Å². The van der Waals surface area contributed by atoms with Gasteiger partial charge in [0.25, 0.3) is 5.91 Å². The first kappa shape index (κ1) is 19.6. The molecule has 1 aliphatic rings. The normalized spacial score (nSPS) is 15.6. The zero-order chi connectivity index (χ0) is 18.8. The third-order valence-electron chi connectivity index (χ3n) is 5.26. The molecule has 1 amide bonds. The van der Waals surface area contributed by atoms with E-state index in [4.69, 9.17) is 4.74 Å². The fourth-order valence-corrected chi connectivity index (χ4v) is 3.35. The maximum absolute atomic E-state index is 12.8. The monoisotopic (exact) mass is 348 g/mol. The van der Waals surface area contributed by atoms with Gasteiger partial charge in [-0.3, -0.25) is 4.79 Å². The molecule has 1 heterocycles. The number of aromatic hydroxyl groups is 1. The minimum absolute atomic E-state index is 0.0832. The molecule has 5 heteroatoms. The average Bonchev–Trinajstić information content (AvgIpc) is 2.57. The molecule has 0 radical (unpaired) electrons. The highest BCUT2D eigenvalue weighted by molar-refractivity contribution is 6.00. The molecule has 1 aliphatic heterocycles. The molecule has 0 bridgehead atoms. The van der Waals surface area contributed by atoms with Crippen LogP contribution >= 0.6 is 0 Å². The summed E-state index contributed by atoms with van der Waals surface area (Å²) in [6.45, 7) is 15.4. The standard InChI is InChI=1S/C20H32N2O3/c1-7-22(8-2)12-11-21-19(24)16-15-9-10-20(5,6)25-18(15)14(4)13(3)17(16)23/h23H,7-12H2,1-6H3,(H,21,24). The second-order valence-corrected chi connectivity index (χ2v) is 7.43. The molecule has 2 N–H and O–H groups in total. The molecule has 1 aromatic rings. The molecule has 1 aromatic carbocycles. The Bertz CT molecular complexity index is 649. The van der Waals surface area contributed by atoms with Crippen molar-refractivity contribution in [3.8, 4) is 11.5 Å². The summed E-state index contributed by atoms with van der Waals surface area (Å²) >= 11 is 0. The van der Waals surface area contributed by atoms with Crippen LogP contribution in [0, 0.1) is 13.8 Å². The summed E-state index contributed by atoms with van der Waals surface area (Å²) in [5.41, 5.74) is 2.59. The Labute approximate surface area is 151 Å². The number of hydrogen-bond donors (Lipinski definition) is 2. The average molecular weight is 348 g/mol. The number of amides is 1. The predicted molar refractivity (Wildman–Crippen MR) is 101 cm³/mol. The van der Waals surface area contributed by atoms with Crippen LogP contribution in [0.25, 0.3) is 0 Å². The molecule has 0 atom stereocenters. The molecule has 2 rings (SSSR count). The summed E-state index contributed by atoms with van der Waals surface area (Å²) in [5, 5.41) is 13.6. The summed E-state index contributed by atoms with van der Waals surface area (Å²) in [5.74, 6) is 0.632. The van der Waals surface area contributed by atoms with E-state index in [0.717, 1.165) is 49.4 Å². The third-order valence-corrected chi connectivity index (χ3v) is 5.26. The SMILES string of the molecule is CCN(CC)CCNC(=O)c1c(O)c(C)c(C)c2c1CCC(C)(C)O2. The summed E-state index contributed by atoms with van der Waals surface area (Å²) in [6, 6.07) is 0. The third kappa shape index (κ3) is 4.09. The maximum Gasteiger partial charge on any atom is 0.255 e. The van der Waals surface area contributed by atoms with E-state index in [2.05, 4.69) is 37.9 Å². The minimum Gasteiger partial charge on any atom is -0.507 e. The van der Waals surface area contributed by atoms with Crippen LogP contribution in [0.4, 0.5) is 0 Å². The summed E-state index contributed by atoms with van der Waals surface area (Å²) in [6.07, 6.45) is 1.55. The number of ether oxygens (including phenoxy) is 1. The fraction of sp³-hybridized carbons (Fsp3) is 0.650. The second-order valence-electron chi connectivity index (χ2n) is 7.43. The molecule has 0 spiro atoms. The lowest BCUT2D eigenvalue weighted by Gasteiger charge is -2.35. The van der Waals surface area contributed by atoms with Crippen LogP contribution in [0.1, 0.15) is 61.2 Å². The zero-order valence-corrected chi connectivity index (χ0v) is 16.5. The van der Waals surface area contributed by atoms with Crippen LogP contribution in [-0.4, -0.2) is 47.7 Å². The smallest absolute Gasteiger partial charge is 0.255 e. The second kappa shape index (κ2) is 7.65. The lowest BCUT2D eigenvalue weighted by Crippen LogP contribution is -2.37. The highest BCUT2D eigenvalue weighted by atomic mass is 16.5. The van der Waals surface area contributed by atoms with Gasteiger partial charge in [0.05, 0.1) is 5.56 Å². The van der Waals surface area contributed by atoms with E-state index in [1.165, 1.54) is 0 Å². The van der Waals surface area contributed by atoms with E-state index in [1.54, 1.807) is 0 Å². The van der Waals surface area contributed by atoms with E-state index < -0.39 is 0 Å². The number of hydrogen-bond acceptors (Lipinski definition) is 4. The van der Waals surface area contributed by atoms with E-state index in [-0.39, 0.29) is 17.3 Å². The quantitative estimate of drug-likeness (QED) is 0.829. The van der Waals surface area contributed by atoms with Gasteiger partial charge in [-0.05, 0) is 64.8 Å². The molecule has 0 saturated carbocycles. The van der Waals surface area contributed by atoms with Crippen molar-refractivity contribution in [2.24, 2.45) is 0 Å². The van der Waals surface area contributed by atoms with Crippen LogP contribution < -0.4 is 10.1 Å².